The minimum atomic E-state index is -0.398. The molecule has 0 bridgehead atoms. The van der Waals surface area contributed by atoms with Crippen molar-refractivity contribution in [1.29, 1.82) is 0 Å². The molecule has 1 unspecified atom stereocenters. The zero-order chi connectivity index (χ0) is 8.97. The molecule has 0 N–H and O–H groups in total. The molecule has 1 rings (SSSR count). The van der Waals surface area contributed by atoms with E-state index in [1.54, 1.807) is 0 Å². The molecular formula is C7H11N3O2. The topological polar surface area (TPSA) is 57.0 Å². The lowest BCUT2D eigenvalue weighted by Gasteiger charge is -2.10. The molecule has 0 aliphatic heterocycles. The van der Waals surface area contributed by atoms with E-state index in [1.807, 2.05) is 6.92 Å². The summed E-state index contributed by atoms with van der Waals surface area (Å²) in [5.41, 5.74) is 0. The van der Waals surface area contributed by atoms with Gasteiger partial charge in [-0.25, -0.2) is 4.79 Å². The number of hydrogen-bond acceptors (Lipinski definition) is 4. The molecule has 0 aliphatic rings. The maximum atomic E-state index is 11.1. The summed E-state index contributed by atoms with van der Waals surface area (Å²) in [6, 6.07) is -0.398. The van der Waals surface area contributed by atoms with E-state index < -0.39 is 6.04 Å². The Bertz CT molecular complexity index is 245. The highest BCUT2D eigenvalue weighted by molar-refractivity contribution is 5.73. The summed E-state index contributed by atoms with van der Waals surface area (Å²) in [5.74, 6) is -0.311. The van der Waals surface area contributed by atoms with Crippen molar-refractivity contribution in [2.75, 3.05) is 7.11 Å². The van der Waals surface area contributed by atoms with Crippen LogP contribution in [-0.2, 0) is 9.53 Å². The largest absolute Gasteiger partial charge is 0.467 e. The Labute approximate surface area is 70.3 Å². The Kier molecular flexibility index (Phi) is 2.79. The molecular weight excluding hydrogens is 158 g/mol. The SMILES string of the molecule is CCC(C(=O)OC)n1nccn1. The summed E-state index contributed by atoms with van der Waals surface area (Å²) in [7, 11) is 1.36. The Morgan fingerprint density at radius 2 is 2.17 bits per heavy atom. The van der Waals surface area contributed by atoms with Crippen molar-refractivity contribution in [3.05, 3.63) is 12.4 Å². The molecule has 0 radical (unpaired) electrons. The van der Waals surface area contributed by atoms with Gasteiger partial charge in [-0.05, 0) is 6.42 Å². The van der Waals surface area contributed by atoms with Gasteiger partial charge in [-0.2, -0.15) is 15.0 Å². The minimum Gasteiger partial charge on any atom is -0.467 e. The fraction of sp³-hybridized carbons (Fsp3) is 0.571. The molecule has 0 saturated heterocycles. The zero-order valence-electron chi connectivity index (χ0n) is 7.10. The molecule has 0 aromatic carbocycles. The van der Waals surface area contributed by atoms with Crippen molar-refractivity contribution in [1.82, 2.24) is 15.0 Å². The Morgan fingerprint density at radius 1 is 1.58 bits per heavy atom. The molecule has 0 spiro atoms. The monoisotopic (exact) mass is 169 g/mol. The van der Waals surface area contributed by atoms with E-state index in [0.717, 1.165) is 0 Å². The van der Waals surface area contributed by atoms with Gasteiger partial charge in [-0.3, -0.25) is 0 Å². The van der Waals surface area contributed by atoms with Crippen LogP contribution in [0.3, 0.4) is 0 Å². The summed E-state index contributed by atoms with van der Waals surface area (Å²) in [6.45, 7) is 1.88. The first kappa shape index (κ1) is 8.70. The molecule has 5 heteroatoms. The van der Waals surface area contributed by atoms with Crippen LogP contribution in [0.2, 0.25) is 0 Å². The van der Waals surface area contributed by atoms with Crippen LogP contribution >= 0.6 is 0 Å². The highest BCUT2D eigenvalue weighted by Gasteiger charge is 2.19. The molecule has 0 aliphatic carbocycles. The fourth-order valence-electron chi connectivity index (χ4n) is 0.947. The van der Waals surface area contributed by atoms with Gasteiger partial charge in [0.2, 0.25) is 0 Å². The average molecular weight is 169 g/mol. The van der Waals surface area contributed by atoms with Crippen LogP contribution in [0, 0.1) is 0 Å². The molecule has 0 fully saturated rings. The highest BCUT2D eigenvalue weighted by atomic mass is 16.5. The third-order valence-corrected chi connectivity index (χ3v) is 1.58. The van der Waals surface area contributed by atoms with E-state index >= 15 is 0 Å². The summed E-state index contributed by atoms with van der Waals surface area (Å²) >= 11 is 0. The Morgan fingerprint density at radius 3 is 2.58 bits per heavy atom. The van der Waals surface area contributed by atoms with Crippen LogP contribution < -0.4 is 0 Å². The Balaban J connectivity index is 2.76. The van der Waals surface area contributed by atoms with Crippen molar-refractivity contribution in [3.8, 4) is 0 Å². The van der Waals surface area contributed by atoms with Crippen molar-refractivity contribution in [2.45, 2.75) is 19.4 Å². The number of esters is 1. The van der Waals surface area contributed by atoms with Crippen LogP contribution in [0.15, 0.2) is 12.4 Å². The fourth-order valence-corrected chi connectivity index (χ4v) is 0.947. The lowest BCUT2D eigenvalue weighted by molar-refractivity contribution is -0.145. The summed E-state index contributed by atoms with van der Waals surface area (Å²) < 4.78 is 4.59. The van der Waals surface area contributed by atoms with Gasteiger partial charge in [0, 0.05) is 0 Å². The van der Waals surface area contributed by atoms with Crippen LogP contribution in [0.5, 0.6) is 0 Å². The van der Waals surface area contributed by atoms with Crippen molar-refractivity contribution in [3.63, 3.8) is 0 Å². The lowest BCUT2D eigenvalue weighted by Crippen LogP contribution is -2.22. The highest BCUT2D eigenvalue weighted by Crippen LogP contribution is 2.08. The number of nitrogens with zero attached hydrogens (tertiary/aromatic N) is 3. The van der Waals surface area contributed by atoms with E-state index in [4.69, 9.17) is 0 Å². The maximum Gasteiger partial charge on any atom is 0.332 e. The molecule has 1 heterocycles. The second kappa shape index (κ2) is 3.85. The van der Waals surface area contributed by atoms with E-state index in [1.165, 1.54) is 24.3 Å². The summed E-state index contributed by atoms with van der Waals surface area (Å²) in [5, 5.41) is 7.72. The quantitative estimate of drug-likeness (QED) is 0.614. The third kappa shape index (κ3) is 1.61. The van der Waals surface area contributed by atoms with Crippen molar-refractivity contribution in [2.24, 2.45) is 0 Å². The van der Waals surface area contributed by atoms with Gasteiger partial charge >= 0.3 is 5.97 Å². The van der Waals surface area contributed by atoms with E-state index in [-0.39, 0.29) is 5.97 Å². The maximum absolute atomic E-state index is 11.1. The molecule has 0 amide bonds. The zero-order valence-corrected chi connectivity index (χ0v) is 7.10. The number of methoxy groups -OCH3 is 1. The molecule has 1 aromatic heterocycles. The smallest absolute Gasteiger partial charge is 0.332 e. The number of carbonyl (C=O) groups is 1. The average Bonchev–Trinajstić information content (AvgIpc) is 2.58. The van der Waals surface area contributed by atoms with Crippen molar-refractivity contribution >= 4 is 5.97 Å². The molecule has 5 nitrogen and oxygen atoms in total. The van der Waals surface area contributed by atoms with Gasteiger partial charge in [0.1, 0.15) is 0 Å². The molecule has 1 atom stereocenters. The number of hydrogen-bond donors (Lipinski definition) is 0. The summed E-state index contributed by atoms with van der Waals surface area (Å²) in [4.78, 5) is 12.5. The van der Waals surface area contributed by atoms with E-state index in [9.17, 15) is 4.79 Å². The Hall–Kier alpha value is -1.39. The standard InChI is InChI=1S/C7H11N3O2/c1-3-6(7(11)12-2)10-8-4-5-9-10/h4-6H,3H2,1-2H3. The number of rotatable bonds is 3. The minimum absolute atomic E-state index is 0.311. The van der Waals surface area contributed by atoms with Gasteiger partial charge in [0.15, 0.2) is 6.04 Å². The van der Waals surface area contributed by atoms with Crippen LogP contribution in [0.1, 0.15) is 19.4 Å². The van der Waals surface area contributed by atoms with Crippen LogP contribution in [0.25, 0.3) is 0 Å². The second-order valence-electron chi connectivity index (χ2n) is 2.30. The molecule has 66 valence electrons. The van der Waals surface area contributed by atoms with Gasteiger partial charge in [0.05, 0.1) is 19.5 Å². The molecule has 12 heavy (non-hydrogen) atoms. The van der Waals surface area contributed by atoms with Gasteiger partial charge in [-0.15, -0.1) is 0 Å². The van der Waals surface area contributed by atoms with Crippen LogP contribution in [0.4, 0.5) is 0 Å². The number of ether oxygens (including phenoxy) is 1. The van der Waals surface area contributed by atoms with Gasteiger partial charge in [0.25, 0.3) is 0 Å². The lowest BCUT2D eigenvalue weighted by atomic mass is 10.2. The predicted octanol–water partition coefficient (Wildman–Crippen LogP) is 0.402. The van der Waals surface area contributed by atoms with Gasteiger partial charge in [-0.1, -0.05) is 6.92 Å². The van der Waals surface area contributed by atoms with E-state index in [2.05, 4.69) is 14.9 Å². The molecule has 0 saturated carbocycles. The van der Waals surface area contributed by atoms with Crippen molar-refractivity contribution < 1.29 is 9.53 Å². The van der Waals surface area contributed by atoms with Crippen LogP contribution in [-0.4, -0.2) is 28.1 Å². The summed E-state index contributed by atoms with van der Waals surface area (Å²) in [6.07, 6.45) is 3.69. The third-order valence-electron chi connectivity index (χ3n) is 1.58. The van der Waals surface area contributed by atoms with E-state index in [0.29, 0.717) is 6.42 Å². The van der Waals surface area contributed by atoms with Gasteiger partial charge < -0.3 is 4.74 Å². The number of aromatic nitrogens is 3. The second-order valence-corrected chi connectivity index (χ2v) is 2.30. The molecule has 1 aromatic rings. The predicted molar refractivity (Wildman–Crippen MR) is 41.4 cm³/mol. The normalized spacial score (nSPS) is 12.5. The first-order valence-electron chi connectivity index (χ1n) is 3.73. The number of carbonyl (C=O) groups excluding carboxylic acids is 1. The first-order chi connectivity index (χ1) is 5.79. The first-order valence-corrected chi connectivity index (χ1v) is 3.73.